The lowest BCUT2D eigenvalue weighted by Crippen LogP contribution is -2.25. The number of carbonyl (C=O) groups is 2. The number of amides is 2. The molecule has 0 radical (unpaired) electrons. The summed E-state index contributed by atoms with van der Waals surface area (Å²) in [6.45, 7) is 0. The second kappa shape index (κ2) is 5.18. The number of nitrogens with two attached hydrogens (primary N) is 1. The fourth-order valence-corrected chi connectivity index (χ4v) is 2.04. The van der Waals surface area contributed by atoms with Crippen LogP contribution in [0.4, 0.5) is 0 Å². The Hall–Kier alpha value is -1.88. The molecule has 18 heavy (non-hydrogen) atoms. The molecule has 0 atom stereocenters. The minimum absolute atomic E-state index is 0.229. The van der Waals surface area contributed by atoms with Crippen molar-refractivity contribution < 1.29 is 9.59 Å². The number of hydrogen-bond acceptors (Lipinski definition) is 2. The Morgan fingerprint density at radius 2 is 1.67 bits per heavy atom. The zero-order chi connectivity index (χ0) is 13.1. The lowest BCUT2D eigenvalue weighted by atomic mass is 10.00. The number of nitrogens with one attached hydrogen (secondary N) is 1. The van der Waals surface area contributed by atoms with Crippen LogP contribution in [0.15, 0.2) is 36.4 Å². The minimum Gasteiger partial charge on any atom is -0.366 e. The Balaban J connectivity index is 2.65. The molecule has 2 rings (SSSR count). The first-order valence-electron chi connectivity index (χ1n) is 5.30. The van der Waals surface area contributed by atoms with Gasteiger partial charge in [0.15, 0.2) is 0 Å². The number of alkyl halides is 1. The molecule has 2 aromatic rings. The van der Waals surface area contributed by atoms with Crippen molar-refractivity contribution in [2.75, 3.05) is 5.45 Å². The molecule has 0 spiro atoms. The maximum Gasteiger partial charge on any atom is 0.252 e. The molecule has 0 bridgehead atoms. The molecule has 0 heterocycles. The largest absolute Gasteiger partial charge is 0.366 e. The molecule has 4 nitrogen and oxygen atoms in total. The van der Waals surface area contributed by atoms with Crippen LogP contribution in [0.5, 0.6) is 0 Å². The van der Waals surface area contributed by atoms with Gasteiger partial charge < -0.3 is 11.1 Å². The van der Waals surface area contributed by atoms with Gasteiger partial charge in [-0.1, -0.05) is 40.2 Å². The van der Waals surface area contributed by atoms with Crippen LogP contribution < -0.4 is 11.1 Å². The van der Waals surface area contributed by atoms with Gasteiger partial charge in [0.1, 0.15) is 0 Å². The highest BCUT2D eigenvalue weighted by Crippen LogP contribution is 2.20. The summed E-state index contributed by atoms with van der Waals surface area (Å²) in [6.07, 6.45) is 0. The molecule has 2 aromatic carbocycles. The molecule has 0 unspecified atom stereocenters. The molecule has 0 aliphatic rings. The zero-order valence-corrected chi connectivity index (χ0v) is 11.0. The third kappa shape index (κ3) is 2.36. The van der Waals surface area contributed by atoms with Gasteiger partial charge in [0.05, 0.1) is 16.6 Å². The molecule has 2 amide bonds. The highest BCUT2D eigenvalue weighted by molar-refractivity contribution is 9.09. The highest BCUT2D eigenvalue weighted by atomic mass is 79.9. The number of primary amides is 1. The van der Waals surface area contributed by atoms with Crippen LogP contribution in [-0.2, 0) is 0 Å². The number of fused-ring (bicyclic) bond motifs is 1. The van der Waals surface area contributed by atoms with Crippen molar-refractivity contribution in [2.24, 2.45) is 5.73 Å². The Bertz CT molecular complexity index is 625. The van der Waals surface area contributed by atoms with Gasteiger partial charge in [-0.3, -0.25) is 9.59 Å². The standard InChI is InChI=1S/C13H11BrN2O2/c14-7-16-13(18)11-6-9-4-2-1-3-8(9)5-10(11)12(15)17/h1-6H,7H2,(H2,15,17)(H,16,18). The van der Waals surface area contributed by atoms with Crippen molar-refractivity contribution in [1.82, 2.24) is 5.32 Å². The van der Waals surface area contributed by atoms with Gasteiger partial charge >= 0.3 is 0 Å². The summed E-state index contributed by atoms with van der Waals surface area (Å²) in [4.78, 5) is 23.3. The lowest BCUT2D eigenvalue weighted by Gasteiger charge is -2.08. The smallest absolute Gasteiger partial charge is 0.252 e. The monoisotopic (exact) mass is 306 g/mol. The molecule has 0 saturated heterocycles. The number of halogens is 1. The van der Waals surface area contributed by atoms with E-state index in [-0.39, 0.29) is 11.5 Å². The summed E-state index contributed by atoms with van der Waals surface area (Å²) in [7, 11) is 0. The molecule has 5 heteroatoms. The average molecular weight is 307 g/mol. The van der Waals surface area contributed by atoms with Crippen molar-refractivity contribution in [3.05, 3.63) is 47.5 Å². The highest BCUT2D eigenvalue weighted by Gasteiger charge is 2.15. The maximum absolute atomic E-state index is 11.9. The Morgan fingerprint density at radius 1 is 1.11 bits per heavy atom. The van der Waals surface area contributed by atoms with E-state index in [0.717, 1.165) is 10.8 Å². The van der Waals surface area contributed by atoms with E-state index >= 15 is 0 Å². The molecule has 0 saturated carbocycles. The van der Waals surface area contributed by atoms with Crippen molar-refractivity contribution in [3.8, 4) is 0 Å². The summed E-state index contributed by atoms with van der Waals surface area (Å²) < 4.78 is 0. The molecule has 3 N–H and O–H groups in total. The Morgan fingerprint density at radius 3 is 2.17 bits per heavy atom. The predicted octanol–water partition coefficient (Wildman–Crippen LogP) is 2.02. The van der Waals surface area contributed by atoms with Gasteiger partial charge in [-0.15, -0.1) is 0 Å². The van der Waals surface area contributed by atoms with E-state index in [1.54, 1.807) is 12.1 Å². The first-order valence-corrected chi connectivity index (χ1v) is 6.42. The zero-order valence-electron chi connectivity index (χ0n) is 9.44. The van der Waals surface area contributed by atoms with E-state index in [1.165, 1.54) is 0 Å². The first kappa shape index (κ1) is 12.6. The van der Waals surface area contributed by atoms with Crippen LogP contribution in [-0.4, -0.2) is 17.3 Å². The molecular weight excluding hydrogens is 296 g/mol. The van der Waals surface area contributed by atoms with Crippen LogP contribution >= 0.6 is 15.9 Å². The van der Waals surface area contributed by atoms with Gasteiger partial charge in [0, 0.05) is 0 Å². The van der Waals surface area contributed by atoms with Crippen molar-refractivity contribution in [3.63, 3.8) is 0 Å². The Labute approximate surface area is 112 Å². The van der Waals surface area contributed by atoms with E-state index in [0.29, 0.717) is 11.0 Å². The fraction of sp³-hybridized carbons (Fsp3) is 0.0769. The quantitative estimate of drug-likeness (QED) is 0.672. The van der Waals surface area contributed by atoms with Crippen LogP contribution in [0, 0.1) is 0 Å². The topological polar surface area (TPSA) is 72.2 Å². The number of hydrogen-bond donors (Lipinski definition) is 2. The second-order valence-corrected chi connectivity index (χ2v) is 4.31. The minimum atomic E-state index is -0.611. The molecule has 0 fully saturated rings. The van der Waals surface area contributed by atoms with Gasteiger partial charge in [-0.2, -0.15) is 0 Å². The van der Waals surface area contributed by atoms with E-state index < -0.39 is 5.91 Å². The third-order valence-electron chi connectivity index (χ3n) is 2.62. The van der Waals surface area contributed by atoms with Crippen LogP contribution in [0.1, 0.15) is 20.7 Å². The van der Waals surface area contributed by atoms with Gasteiger partial charge in [0.2, 0.25) is 5.91 Å². The van der Waals surface area contributed by atoms with Gasteiger partial charge in [-0.05, 0) is 22.9 Å². The average Bonchev–Trinajstić information content (AvgIpc) is 2.37. The second-order valence-electron chi connectivity index (χ2n) is 3.75. The van der Waals surface area contributed by atoms with E-state index in [2.05, 4.69) is 21.2 Å². The number of benzene rings is 2. The van der Waals surface area contributed by atoms with Crippen LogP contribution in [0.25, 0.3) is 10.8 Å². The van der Waals surface area contributed by atoms with Crippen LogP contribution in [0.2, 0.25) is 0 Å². The SMILES string of the molecule is NC(=O)c1cc2ccccc2cc1C(=O)NCBr. The van der Waals surface area contributed by atoms with Gasteiger partial charge in [-0.25, -0.2) is 0 Å². The lowest BCUT2D eigenvalue weighted by molar-refractivity contribution is 0.0942. The number of carbonyl (C=O) groups excluding carboxylic acids is 2. The normalized spacial score (nSPS) is 10.3. The van der Waals surface area contributed by atoms with Gasteiger partial charge in [0.25, 0.3) is 5.91 Å². The molecule has 92 valence electrons. The van der Waals surface area contributed by atoms with Crippen molar-refractivity contribution in [2.45, 2.75) is 0 Å². The summed E-state index contributed by atoms with van der Waals surface area (Å²) in [5.74, 6) is -0.938. The third-order valence-corrected chi connectivity index (χ3v) is 2.90. The van der Waals surface area contributed by atoms with E-state index in [4.69, 9.17) is 5.73 Å². The molecule has 0 aliphatic carbocycles. The fourth-order valence-electron chi connectivity index (χ4n) is 1.79. The summed E-state index contributed by atoms with van der Waals surface area (Å²) in [5.41, 5.74) is 6.15. The van der Waals surface area contributed by atoms with Crippen molar-refractivity contribution >= 4 is 38.5 Å². The first-order chi connectivity index (χ1) is 8.63. The summed E-state index contributed by atoms with van der Waals surface area (Å²) in [5, 5.41) is 4.36. The number of rotatable bonds is 3. The predicted molar refractivity (Wildman–Crippen MR) is 73.7 cm³/mol. The molecular formula is C13H11BrN2O2. The summed E-state index contributed by atoms with van der Waals surface area (Å²) >= 11 is 3.11. The maximum atomic E-state index is 11.9. The molecule has 0 aliphatic heterocycles. The summed E-state index contributed by atoms with van der Waals surface area (Å²) in [6, 6.07) is 10.8. The Kier molecular flexibility index (Phi) is 3.62. The molecule has 0 aromatic heterocycles. The van der Waals surface area contributed by atoms with Crippen LogP contribution in [0.3, 0.4) is 0 Å². The van der Waals surface area contributed by atoms with E-state index in [1.807, 2.05) is 24.3 Å². The van der Waals surface area contributed by atoms with E-state index in [9.17, 15) is 9.59 Å². The van der Waals surface area contributed by atoms with Crippen molar-refractivity contribution in [1.29, 1.82) is 0 Å².